The summed E-state index contributed by atoms with van der Waals surface area (Å²) in [6, 6.07) is 5.61. The van der Waals surface area contributed by atoms with E-state index in [-0.39, 0.29) is 17.4 Å². The number of alkyl halides is 2. The Kier molecular flexibility index (Phi) is 5.45. The number of hydrogen-bond donors (Lipinski definition) is 0. The Balaban J connectivity index is 1.56. The van der Waals surface area contributed by atoms with Crippen LogP contribution in [0.2, 0.25) is 0 Å². The highest BCUT2D eigenvalue weighted by Gasteiger charge is 2.26. The molecule has 154 valence electrons. The summed E-state index contributed by atoms with van der Waals surface area (Å²) < 4.78 is 33.5. The molecule has 29 heavy (non-hydrogen) atoms. The molecule has 8 heteroatoms. The fourth-order valence-electron chi connectivity index (χ4n) is 4.14. The highest BCUT2D eigenvalue weighted by molar-refractivity contribution is 5.43. The van der Waals surface area contributed by atoms with Gasteiger partial charge in [-0.25, -0.2) is 13.8 Å². The largest absolute Gasteiger partial charge is 0.496 e. The first-order valence-corrected chi connectivity index (χ1v) is 9.82. The molecule has 3 aromatic rings. The SMILES string of the molecule is COc1ccc(CN2CCC[C@@H](c3cc(C(F)F)n4ncnc4n3)C2)c(C)c1C. The molecule has 4 rings (SSSR count). The molecule has 0 unspecified atom stereocenters. The predicted molar refractivity (Wildman–Crippen MR) is 105 cm³/mol. The second kappa shape index (κ2) is 8.02. The van der Waals surface area contributed by atoms with Crippen LogP contribution in [0.25, 0.3) is 5.78 Å². The lowest BCUT2D eigenvalue weighted by Crippen LogP contribution is -2.34. The number of ether oxygens (including phenoxy) is 1. The average Bonchev–Trinajstić information content (AvgIpc) is 3.19. The van der Waals surface area contributed by atoms with Crippen LogP contribution in [0.5, 0.6) is 5.75 Å². The molecule has 2 aromatic heterocycles. The Morgan fingerprint density at radius 3 is 2.83 bits per heavy atom. The van der Waals surface area contributed by atoms with Crippen molar-refractivity contribution in [3.63, 3.8) is 0 Å². The van der Waals surface area contributed by atoms with Crippen molar-refractivity contribution in [1.29, 1.82) is 0 Å². The van der Waals surface area contributed by atoms with Crippen LogP contribution in [0.4, 0.5) is 8.78 Å². The molecular weight excluding hydrogens is 376 g/mol. The number of halogens is 2. The van der Waals surface area contributed by atoms with Crippen LogP contribution in [-0.2, 0) is 6.54 Å². The van der Waals surface area contributed by atoms with E-state index < -0.39 is 6.43 Å². The fourth-order valence-corrected chi connectivity index (χ4v) is 4.14. The number of hydrogen-bond acceptors (Lipinski definition) is 5. The van der Waals surface area contributed by atoms with E-state index in [1.165, 1.54) is 23.5 Å². The zero-order valence-corrected chi connectivity index (χ0v) is 16.9. The van der Waals surface area contributed by atoms with Gasteiger partial charge in [0.15, 0.2) is 0 Å². The van der Waals surface area contributed by atoms with E-state index in [1.54, 1.807) is 7.11 Å². The third kappa shape index (κ3) is 3.81. The summed E-state index contributed by atoms with van der Waals surface area (Å²) in [5.74, 6) is 1.23. The Bertz CT molecular complexity index is 1020. The summed E-state index contributed by atoms with van der Waals surface area (Å²) in [6.45, 7) is 6.77. The number of methoxy groups -OCH3 is 1. The van der Waals surface area contributed by atoms with Crippen molar-refractivity contribution in [2.75, 3.05) is 20.2 Å². The Hall–Kier alpha value is -2.61. The standard InChI is InChI=1S/C21H25F2N5O/c1-13-14(2)19(29-3)7-6-15(13)10-27-8-4-5-16(11-27)17-9-18(20(22)23)28-21(26-17)24-12-25-28/h6-7,9,12,16,20H,4-5,8,10-11H2,1-3H3/t16-/m1/s1. The first kappa shape index (κ1) is 19.7. The summed E-state index contributed by atoms with van der Waals surface area (Å²) in [5, 5.41) is 3.87. The van der Waals surface area contributed by atoms with Gasteiger partial charge in [-0.3, -0.25) is 4.90 Å². The number of rotatable bonds is 5. The minimum atomic E-state index is -2.62. The summed E-state index contributed by atoms with van der Waals surface area (Å²) in [4.78, 5) is 10.9. The van der Waals surface area contributed by atoms with Crippen molar-refractivity contribution in [1.82, 2.24) is 24.5 Å². The smallest absolute Gasteiger partial charge is 0.280 e. The van der Waals surface area contributed by atoms with Gasteiger partial charge in [0.05, 0.1) is 12.8 Å². The van der Waals surface area contributed by atoms with Crippen LogP contribution in [0.3, 0.4) is 0 Å². The highest BCUT2D eigenvalue weighted by Crippen LogP contribution is 2.31. The average molecular weight is 401 g/mol. The van der Waals surface area contributed by atoms with Gasteiger partial charge in [0.2, 0.25) is 0 Å². The number of aromatic nitrogens is 4. The van der Waals surface area contributed by atoms with Crippen LogP contribution in [0.15, 0.2) is 24.5 Å². The molecule has 0 saturated carbocycles. The zero-order chi connectivity index (χ0) is 20.5. The molecule has 1 fully saturated rings. The van der Waals surface area contributed by atoms with E-state index in [4.69, 9.17) is 4.74 Å². The zero-order valence-electron chi connectivity index (χ0n) is 16.9. The number of nitrogens with zero attached hydrogens (tertiary/aromatic N) is 5. The van der Waals surface area contributed by atoms with Gasteiger partial charge in [-0.05, 0) is 62.1 Å². The van der Waals surface area contributed by atoms with Gasteiger partial charge in [0, 0.05) is 19.0 Å². The van der Waals surface area contributed by atoms with Gasteiger partial charge < -0.3 is 4.74 Å². The Morgan fingerprint density at radius 2 is 2.07 bits per heavy atom. The van der Waals surface area contributed by atoms with Crippen molar-refractivity contribution in [3.8, 4) is 5.75 Å². The molecule has 0 aliphatic carbocycles. The Labute approximate surface area is 168 Å². The van der Waals surface area contributed by atoms with Crippen LogP contribution in [0, 0.1) is 13.8 Å². The van der Waals surface area contributed by atoms with Crippen LogP contribution >= 0.6 is 0 Å². The molecule has 0 N–H and O–H groups in total. The predicted octanol–water partition coefficient (Wildman–Crippen LogP) is 4.07. The van der Waals surface area contributed by atoms with Gasteiger partial charge in [0.1, 0.15) is 17.8 Å². The molecule has 3 heterocycles. The van der Waals surface area contributed by atoms with Crippen molar-refractivity contribution in [2.24, 2.45) is 0 Å². The molecule has 0 radical (unpaired) electrons. The normalized spacial score (nSPS) is 17.9. The molecule has 0 amide bonds. The molecule has 1 aliphatic heterocycles. The lowest BCUT2D eigenvalue weighted by molar-refractivity contribution is 0.142. The maximum Gasteiger partial charge on any atom is 0.280 e. The molecular formula is C21H25F2N5O. The molecule has 6 nitrogen and oxygen atoms in total. The van der Waals surface area contributed by atoms with Gasteiger partial charge in [-0.2, -0.15) is 14.6 Å². The van der Waals surface area contributed by atoms with E-state index in [0.717, 1.165) is 48.3 Å². The summed E-state index contributed by atoms with van der Waals surface area (Å²) in [6.07, 6.45) is 0.574. The van der Waals surface area contributed by atoms with E-state index in [2.05, 4.69) is 39.9 Å². The van der Waals surface area contributed by atoms with Crippen LogP contribution in [0.1, 0.15) is 53.3 Å². The minimum Gasteiger partial charge on any atom is -0.496 e. The lowest BCUT2D eigenvalue weighted by atomic mass is 9.93. The third-order valence-electron chi connectivity index (χ3n) is 5.91. The topological polar surface area (TPSA) is 55.6 Å². The van der Waals surface area contributed by atoms with Crippen LogP contribution < -0.4 is 4.74 Å². The number of fused-ring (bicyclic) bond motifs is 1. The van der Waals surface area contributed by atoms with Gasteiger partial charge in [-0.15, -0.1) is 0 Å². The van der Waals surface area contributed by atoms with Crippen molar-refractivity contribution in [3.05, 3.63) is 52.6 Å². The number of benzene rings is 1. The second-order valence-corrected chi connectivity index (χ2v) is 7.63. The maximum absolute atomic E-state index is 13.5. The molecule has 1 aliphatic rings. The van der Waals surface area contributed by atoms with Crippen LogP contribution in [-0.4, -0.2) is 44.7 Å². The molecule has 0 spiro atoms. The maximum atomic E-state index is 13.5. The number of piperidine rings is 1. The molecule has 1 aromatic carbocycles. The van der Waals surface area contributed by atoms with Crippen molar-refractivity contribution < 1.29 is 13.5 Å². The van der Waals surface area contributed by atoms with Crippen molar-refractivity contribution in [2.45, 2.75) is 45.6 Å². The van der Waals surface area contributed by atoms with Gasteiger partial charge in [0.25, 0.3) is 12.2 Å². The molecule has 1 atom stereocenters. The highest BCUT2D eigenvalue weighted by atomic mass is 19.3. The summed E-state index contributed by atoms with van der Waals surface area (Å²) in [7, 11) is 1.68. The van der Waals surface area contributed by atoms with E-state index >= 15 is 0 Å². The molecule has 1 saturated heterocycles. The van der Waals surface area contributed by atoms with E-state index in [9.17, 15) is 8.78 Å². The number of likely N-dealkylation sites (tertiary alicyclic amines) is 1. The first-order chi connectivity index (χ1) is 14.0. The monoisotopic (exact) mass is 401 g/mol. The third-order valence-corrected chi connectivity index (χ3v) is 5.91. The van der Waals surface area contributed by atoms with E-state index in [1.807, 2.05) is 6.07 Å². The second-order valence-electron chi connectivity index (χ2n) is 7.63. The summed E-state index contributed by atoms with van der Waals surface area (Å²) in [5.41, 5.74) is 4.17. The first-order valence-electron chi connectivity index (χ1n) is 9.82. The van der Waals surface area contributed by atoms with E-state index in [0.29, 0.717) is 5.69 Å². The lowest BCUT2D eigenvalue weighted by Gasteiger charge is -2.33. The Morgan fingerprint density at radius 1 is 1.24 bits per heavy atom. The fraction of sp³-hybridized carbons (Fsp3) is 0.476. The molecule has 0 bridgehead atoms. The minimum absolute atomic E-state index is 0.0996. The van der Waals surface area contributed by atoms with Gasteiger partial charge in [-0.1, -0.05) is 6.07 Å². The quantitative estimate of drug-likeness (QED) is 0.645. The van der Waals surface area contributed by atoms with Gasteiger partial charge >= 0.3 is 0 Å². The summed E-state index contributed by atoms with van der Waals surface area (Å²) >= 11 is 0. The van der Waals surface area contributed by atoms with Crippen molar-refractivity contribution >= 4 is 5.78 Å².